The highest BCUT2D eigenvalue weighted by atomic mass is 19.2. The van der Waals surface area contributed by atoms with Crippen LogP contribution in [-0.2, 0) is 0 Å². The zero-order valence-corrected chi connectivity index (χ0v) is 11.9. The van der Waals surface area contributed by atoms with Gasteiger partial charge in [-0.05, 0) is 17.2 Å². The molecule has 0 amide bonds. The van der Waals surface area contributed by atoms with Gasteiger partial charge < -0.3 is 0 Å². The van der Waals surface area contributed by atoms with Crippen molar-refractivity contribution in [3.63, 3.8) is 0 Å². The quantitative estimate of drug-likeness (QED) is 0.312. The van der Waals surface area contributed by atoms with E-state index in [4.69, 9.17) is 0 Å². The van der Waals surface area contributed by atoms with Gasteiger partial charge in [0.1, 0.15) is 5.82 Å². The van der Waals surface area contributed by atoms with E-state index < -0.39 is 40.5 Å². The van der Waals surface area contributed by atoms with Crippen LogP contribution in [0.3, 0.4) is 0 Å². The third kappa shape index (κ3) is 2.54. The zero-order valence-electron chi connectivity index (χ0n) is 11.9. The second kappa shape index (κ2) is 6.03. The molecule has 0 saturated heterocycles. The van der Waals surface area contributed by atoms with E-state index in [-0.39, 0.29) is 11.1 Å². The molecule has 0 aliphatic heterocycles. The molecule has 0 bridgehead atoms. The number of benzene rings is 3. The maximum absolute atomic E-state index is 13.8. The van der Waals surface area contributed by atoms with Crippen LogP contribution in [0.25, 0.3) is 22.3 Å². The Kier molecular flexibility index (Phi) is 4.05. The molecule has 3 rings (SSSR count). The van der Waals surface area contributed by atoms with Crippen LogP contribution in [0.15, 0.2) is 48.5 Å². The Bertz CT molecular complexity index is 887. The number of halogens is 6. The second-order valence-corrected chi connectivity index (χ2v) is 5.00. The molecule has 0 radical (unpaired) electrons. The molecule has 0 nitrogen and oxygen atoms in total. The van der Waals surface area contributed by atoms with Crippen LogP contribution in [-0.4, -0.2) is 0 Å². The molecule has 0 aromatic heterocycles. The minimum atomic E-state index is -2.21. The average molecular weight is 338 g/mol. The molecule has 122 valence electrons. The Balaban J connectivity index is 2.12. The summed E-state index contributed by atoms with van der Waals surface area (Å²) in [6.07, 6.45) is 0. The first-order chi connectivity index (χ1) is 11.4. The smallest absolute Gasteiger partial charge is 0.200 e. The highest BCUT2D eigenvalue weighted by Crippen LogP contribution is 2.33. The molecule has 0 aliphatic carbocycles. The van der Waals surface area contributed by atoms with Gasteiger partial charge in [-0.3, -0.25) is 0 Å². The summed E-state index contributed by atoms with van der Waals surface area (Å²) in [7, 11) is 0. The predicted molar refractivity (Wildman–Crippen MR) is 77.1 cm³/mol. The van der Waals surface area contributed by atoms with Crippen molar-refractivity contribution in [2.24, 2.45) is 0 Å². The van der Waals surface area contributed by atoms with Gasteiger partial charge in [0.25, 0.3) is 0 Å². The fraction of sp³-hybridized carbons (Fsp3) is 0. The van der Waals surface area contributed by atoms with Crippen LogP contribution in [0.5, 0.6) is 0 Å². The van der Waals surface area contributed by atoms with Crippen molar-refractivity contribution in [3.05, 3.63) is 83.4 Å². The van der Waals surface area contributed by atoms with E-state index in [0.29, 0.717) is 5.56 Å². The van der Waals surface area contributed by atoms with E-state index in [1.165, 1.54) is 42.5 Å². The molecule has 0 saturated carbocycles. The molecule has 0 spiro atoms. The summed E-state index contributed by atoms with van der Waals surface area (Å²) in [6, 6.07) is 10.9. The van der Waals surface area contributed by atoms with Crippen molar-refractivity contribution < 1.29 is 26.3 Å². The van der Waals surface area contributed by atoms with Gasteiger partial charge in [0.2, 0.25) is 5.82 Å². The molecule has 3 aromatic rings. The minimum absolute atomic E-state index is 0.206. The van der Waals surface area contributed by atoms with Gasteiger partial charge >= 0.3 is 0 Å². The maximum atomic E-state index is 13.8. The number of rotatable bonds is 2. The van der Waals surface area contributed by atoms with Crippen LogP contribution >= 0.6 is 0 Å². The van der Waals surface area contributed by atoms with E-state index in [9.17, 15) is 26.3 Å². The summed E-state index contributed by atoms with van der Waals surface area (Å²) in [5.74, 6) is -10.6. The van der Waals surface area contributed by atoms with Crippen LogP contribution in [0.2, 0.25) is 0 Å². The molecule has 0 aliphatic rings. The Morgan fingerprint density at radius 1 is 0.458 bits per heavy atom. The summed E-state index contributed by atoms with van der Waals surface area (Å²) in [5, 5.41) is 0. The van der Waals surface area contributed by atoms with Crippen LogP contribution < -0.4 is 0 Å². The summed E-state index contributed by atoms with van der Waals surface area (Å²) in [5.41, 5.74) is -0.573. The van der Waals surface area contributed by atoms with Crippen molar-refractivity contribution >= 4 is 0 Å². The molecule has 24 heavy (non-hydrogen) atoms. The van der Waals surface area contributed by atoms with E-state index >= 15 is 0 Å². The van der Waals surface area contributed by atoms with Crippen molar-refractivity contribution in [1.82, 2.24) is 0 Å². The van der Waals surface area contributed by atoms with E-state index in [1.807, 2.05) is 0 Å². The molecule has 0 fully saturated rings. The minimum Gasteiger partial charge on any atom is -0.206 e. The lowest BCUT2D eigenvalue weighted by Crippen LogP contribution is -2.03. The fourth-order valence-corrected chi connectivity index (χ4v) is 2.37. The molecule has 0 heterocycles. The predicted octanol–water partition coefficient (Wildman–Crippen LogP) is 5.86. The Hall–Kier alpha value is -2.76. The van der Waals surface area contributed by atoms with Crippen molar-refractivity contribution in [2.45, 2.75) is 0 Å². The molecular formula is C18H8F6. The van der Waals surface area contributed by atoms with Crippen LogP contribution in [0, 0.1) is 34.9 Å². The average Bonchev–Trinajstić information content (AvgIpc) is 2.60. The van der Waals surface area contributed by atoms with E-state index in [1.54, 1.807) is 6.07 Å². The topological polar surface area (TPSA) is 0 Å². The first kappa shape index (κ1) is 16.1. The first-order valence-electron chi connectivity index (χ1n) is 6.78. The summed E-state index contributed by atoms with van der Waals surface area (Å²) in [4.78, 5) is 0. The molecular weight excluding hydrogens is 330 g/mol. The lowest BCUT2D eigenvalue weighted by atomic mass is 9.99. The monoisotopic (exact) mass is 338 g/mol. The van der Waals surface area contributed by atoms with Gasteiger partial charge in [-0.15, -0.1) is 0 Å². The van der Waals surface area contributed by atoms with Crippen molar-refractivity contribution in [2.75, 3.05) is 0 Å². The lowest BCUT2D eigenvalue weighted by Gasteiger charge is -2.09. The zero-order chi connectivity index (χ0) is 17.4. The molecule has 0 N–H and O–H groups in total. The van der Waals surface area contributed by atoms with Gasteiger partial charge in [-0.2, -0.15) is 0 Å². The second-order valence-electron chi connectivity index (χ2n) is 5.00. The summed E-state index contributed by atoms with van der Waals surface area (Å²) in [6.45, 7) is 0. The van der Waals surface area contributed by atoms with E-state index in [2.05, 4.69) is 0 Å². The van der Waals surface area contributed by atoms with Crippen molar-refractivity contribution in [3.8, 4) is 22.3 Å². The first-order valence-corrected chi connectivity index (χ1v) is 6.78. The van der Waals surface area contributed by atoms with Gasteiger partial charge in [0.05, 0.1) is 5.56 Å². The third-order valence-electron chi connectivity index (χ3n) is 3.57. The number of hydrogen-bond donors (Lipinski definition) is 0. The van der Waals surface area contributed by atoms with E-state index in [0.717, 1.165) is 0 Å². The molecule has 0 atom stereocenters. The highest BCUT2D eigenvalue weighted by Gasteiger charge is 2.26. The van der Waals surface area contributed by atoms with Crippen molar-refractivity contribution in [1.29, 1.82) is 0 Å². The SMILES string of the molecule is Fc1ccccc1-c1ccc(-c2c(F)c(F)c(F)c(F)c2F)cc1. The van der Waals surface area contributed by atoms with Gasteiger partial charge in [-0.1, -0.05) is 42.5 Å². The Morgan fingerprint density at radius 3 is 1.46 bits per heavy atom. The fourth-order valence-electron chi connectivity index (χ4n) is 2.37. The molecule has 6 heteroatoms. The largest absolute Gasteiger partial charge is 0.206 e. The normalized spacial score (nSPS) is 10.9. The highest BCUT2D eigenvalue weighted by molar-refractivity contribution is 5.71. The standard InChI is InChI=1S/C18H8F6/c19-12-4-2-1-3-11(12)9-5-7-10(8-6-9)13-14(20)16(22)18(24)17(23)15(13)21/h1-8H. The summed E-state index contributed by atoms with van der Waals surface area (Å²) >= 11 is 0. The molecule has 0 unspecified atom stereocenters. The lowest BCUT2D eigenvalue weighted by molar-refractivity contribution is 0.381. The van der Waals surface area contributed by atoms with Crippen LogP contribution in [0.4, 0.5) is 26.3 Å². The summed E-state index contributed by atoms with van der Waals surface area (Å²) < 4.78 is 80.9. The Labute approximate surface area is 133 Å². The Morgan fingerprint density at radius 2 is 0.917 bits per heavy atom. The van der Waals surface area contributed by atoms with Gasteiger partial charge in [0, 0.05) is 5.56 Å². The maximum Gasteiger partial charge on any atom is 0.200 e. The number of hydrogen-bond acceptors (Lipinski definition) is 0. The molecule has 3 aromatic carbocycles. The van der Waals surface area contributed by atoms with Gasteiger partial charge in [0.15, 0.2) is 23.3 Å². The van der Waals surface area contributed by atoms with Gasteiger partial charge in [-0.25, -0.2) is 26.3 Å². The third-order valence-corrected chi connectivity index (χ3v) is 3.57. The van der Waals surface area contributed by atoms with Crippen LogP contribution in [0.1, 0.15) is 0 Å².